The second-order valence-corrected chi connectivity index (χ2v) is 12.8. The first-order chi connectivity index (χ1) is 12.4. The maximum Gasteiger partial charge on any atom is 0.307 e. The van der Waals surface area contributed by atoms with Gasteiger partial charge in [0, 0.05) is 14.7 Å². The molecule has 0 radical (unpaired) electrons. The van der Waals surface area contributed by atoms with Crippen molar-refractivity contribution in [3.05, 3.63) is 59.9 Å². The van der Waals surface area contributed by atoms with E-state index in [9.17, 15) is 4.79 Å². The standard InChI is InChI=1S/C20H30O5Si/c1-26(2,3)14-13-24-17-25-16-19(9-10-20(21)22)11-12-23-15-18-7-5-4-6-8-18/h4-9,11-12H,10,13-17H2,1-3H3,(H,21,22)/b12-11+,19-9+. The van der Waals surface area contributed by atoms with Crippen LogP contribution in [0.15, 0.2) is 54.3 Å². The summed E-state index contributed by atoms with van der Waals surface area (Å²) in [5.74, 6) is -0.882. The lowest BCUT2D eigenvalue weighted by Crippen LogP contribution is -2.22. The molecule has 1 aromatic rings. The molecule has 6 heteroatoms. The lowest BCUT2D eigenvalue weighted by atomic mass is 10.2. The van der Waals surface area contributed by atoms with Crippen molar-refractivity contribution in [2.75, 3.05) is 20.0 Å². The molecule has 0 aliphatic carbocycles. The summed E-state index contributed by atoms with van der Waals surface area (Å²) in [5.41, 5.74) is 1.81. The first-order valence-electron chi connectivity index (χ1n) is 8.75. The minimum atomic E-state index is -1.10. The Morgan fingerprint density at radius 1 is 1.15 bits per heavy atom. The van der Waals surface area contributed by atoms with Gasteiger partial charge in [-0.05, 0) is 23.3 Å². The van der Waals surface area contributed by atoms with Crippen molar-refractivity contribution in [2.24, 2.45) is 0 Å². The summed E-state index contributed by atoms with van der Waals surface area (Å²) in [4.78, 5) is 10.8. The fourth-order valence-corrected chi connectivity index (χ4v) is 2.66. The van der Waals surface area contributed by atoms with Gasteiger partial charge in [0.2, 0.25) is 0 Å². The molecule has 1 N–H and O–H groups in total. The molecule has 0 saturated heterocycles. The Bertz CT molecular complexity index is 576. The summed E-state index contributed by atoms with van der Waals surface area (Å²) >= 11 is 0. The Morgan fingerprint density at radius 2 is 1.88 bits per heavy atom. The molecule has 0 spiro atoms. The van der Waals surface area contributed by atoms with Gasteiger partial charge in [-0.15, -0.1) is 0 Å². The van der Waals surface area contributed by atoms with Gasteiger partial charge >= 0.3 is 5.97 Å². The minimum absolute atomic E-state index is 0.0573. The molecule has 0 fully saturated rings. The van der Waals surface area contributed by atoms with E-state index in [0.717, 1.165) is 17.2 Å². The van der Waals surface area contributed by atoms with Gasteiger partial charge < -0.3 is 19.3 Å². The Morgan fingerprint density at radius 3 is 2.54 bits per heavy atom. The smallest absolute Gasteiger partial charge is 0.307 e. The fraction of sp³-hybridized carbons (Fsp3) is 0.450. The highest BCUT2D eigenvalue weighted by Gasteiger charge is 2.11. The number of carboxylic acids is 1. The molecule has 0 amide bonds. The number of benzene rings is 1. The molecular weight excluding hydrogens is 348 g/mol. The van der Waals surface area contributed by atoms with E-state index in [0.29, 0.717) is 13.2 Å². The molecular formula is C20H30O5Si. The van der Waals surface area contributed by atoms with Crippen LogP contribution in [-0.2, 0) is 25.6 Å². The Kier molecular flexibility index (Phi) is 10.6. The van der Waals surface area contributed by atoms with Gasteiger partial charge in [0.05, 0.1) is 19.3 Å². The molecule has 0 heterocycles. The van der Waals surface area contributed by atoms with Crippen molar-refractivity contribution < 1.29 is 24.1 Å². The summed E-state index contributed by atoms with van der Waals surface area (Å²) in [7, 11) is -1.10. The number of carboxylic acid groups (broad SMARTS) is 1. The number of ether oxygens (including phenoxy) is 3. The molecule has 0 atom stereocenters. The summed E-state index contributed by atoms with van der Waals surface area (Å²) in [5, 5.41) is 8.84. The van der Waals surface area contributed by atoms with Crippen LogP contribution in [0.3, 0.4) is 0 Å². The molecule has 0 aromatic heterocycles. The fourth-order valence-electron chi connectivity index (χ4n) is 1.90. The van der Waals surface area contributed by atoms with Gasteiger partial charge in [-0.3, -0.25) is 4.79 Å². The first-order valence-corrected chi connectivity index (χ1v) is 12.5. The SMILES string of the molecule is C[Si](C)(C)CCOCOCC(/C=C/OCc1ccccc1)=C/CC(=O)O. The van der Waals surface area contributed by atoms with Crippen LogP contribution in [0.25, 0.3) is 0 Å². The van der Waals surface area contributed by atoms with Crippen LogP contribution in [-0.4, -0.2) is 39.2 Å². The zero-order valence-corrected chi connectivity index (χ0v) is 16.9. The van der Waals surface area contributed by atoms with E-state index >= 15 is 0 Å². The summed E-state index contributed by atoms with van der Waals surface area (Å²) in [6.45, 7) is 8.53. The van der Waals surface area contributed by atoms with Gasteiger partial charge in [0.1, 0.15) is 13.4 Å². The van der Waals surface area contributed by atoms with E-state index in [4.69, 9.17) is 19.3 Å². The Hall–Kier alpha value is -1.89. The highest BCUT2D eigenvalue weighted by molar-refractivity contribution is 6.76. The van der Waals surface area contributed by atoms with E-state index in [1.165, 1.54) is 0 Å². The van der Waals surface area contributed by atoms with Crippen LogP contribution in [0.1, 0.15) is 12.0 Å². The molecule has 0 aliphatic heterocycles. The molecule has 0 unspecified atom stereocenters. The van der Waals surface area contributed by atoms with Crippen molar-refractivity contribution in [1.82, 2.24) is 0 Å². The normalized spacial score (nSPS) is 12.5. The van der Waals surface area contributed by atoms with Crippen LogP contribution in [0.5, 0.6) is 0 Å². The van der Waals surface area contributed by atoms with Crippen molar-refractivity contribution in [3.8, 4) is 0 Å². The zero-order valence-electron chi connectivity index (χ0n) is 15.9. The van der Waals surface area contributed by atoms with Gasteiger partial charge in [-0.1, -0.05) is 56.0 Å². The minimum Gasteiger partial charge on any atom is -0.497 e. The monoisotopic (exact) mass is 378 g/mol. The molecule has 1 aromatic carbocycles. The maximum atomic E-state index is 10.8. The summed E-state index contributed by atoms with van der Waals surface area (Å²) < 4.78 is 16.5. The predicted molar refractivity (Wildman–Crippen MR) is 106 cm³/mol. The van der Waals surface area contributed by atoms with E-state index in [1.54, 1.807) is 18.4 Å². The highest BCUT2D eigenvalue weighted by Crippen LogP contribution is 2.08. The van der Waals surface area contributed by atoms with E-state index in [-0.39, 0.29) is 19.8 Å². The Balaban J connectivity index is 2.35. The first kappa shape index (κ1) is 22.1. The summed E-state index contributed by atoms with van der Waals surface area (Å²) in [6.07, 6.45) is 4.86. The topological polar surface area (TPSA) is 65.0 Å². The highest BCUT2D eigenvalue weighted by atomic mass is 28.3. The van der Waals surface area contributed by atoms with Crippen molar-refractivity contribution in [1.29, 1.82) is 0 Å². The molecule has 144 valence electrons. The number of hydrogen-bond acceptors (Lipinski definition) is 4. The number of carbonyl (C=O) groups is 1. The Labute approximate surface area is 157 Å². The molecule has 0 bridgehead atoms. The van der Waals surface area contributed by atoms with Gasteiger partial charge in [-0.2, -0.15) is 0 Å². The van der Waals surface area contributed by atoms with Gasteiger partial charge in [0.15, 0.2) is 0 Å². The van der Waals surface area contributed by atoms with Crippen LogP contribution < -0.4 is 0 Å². The number of rotatable bonds is 13. The molecule has 0 aliphatic rings. The van der Waals surface area contributed by atoms with E-state index < -0.39 is 14.0 Å². The van der Waals surface area contributed by atoms with Crippen molar-refractivity contribution >= 4 is 14.0 Å². The van der Waals surface area contributed by atoms with Crippen molar-refractivity contribution in [3.63, 3.8) is 0 Å². The zero-order chi connectivity index (χ0) is 19.3. The molecule has 0 saturated carbocycles. The molecule has 26 heavy (non-hydrogen) atoms. The van der Waals surface area contributed by atoms with E-state index in [2.05, 4.69) is 19.6 Å². The van der Waals surface area contributed by atoms with Crippen LogP contribution in [0.2, 0.25) is 25.7 Å². The van der Waals surface area contributed by atoms with Crippen LogP contribution in [0.4, 0.5) is 0 Å². The number of aliphatic carboxylic acids is 1. The lowest BCUT2D eigenvalue weighted by molar-refractivity contribution is -0.136. The third kappa shape index (κ3) is 12.5. The van der Waals surface area contributed by atoms with Gasteiger partial charge in [0.25, 0.3) is 0 Å². The predicted octanol–water partition coefficient (Wildman–Crippen LogP) is 4.45. The van der Waals surface area contributed by atoms with Crippen LogP contribution in [0, 0.1) is 0 Å². The molecule has 1 rings (SSSR count). The third-order valence-electron chi connectivity index (χ3n) is 3.44. The second kappa shape index (κ2) is 12.5. The third-order valence-corrected chi connectivity index (χ3v) is 5.15. The van der Waals surface area contributed by atoms with E-state index in [1.807, 2.05) is 30.3 Å². The average molecular weight is 379 g/mol. The lowest BCUT2D eigenvalue weighted by Gasteiger charge is -2.15. The number of hydrogen-bond donors (Lipinski definition) is 1. The average Bonchev–Trinajstić information content (AvgIpc) is 2.58. The summed E-state index contributed by atoms with van der Waals surface area (Å²) in [6, 6.07) is 10.9. The largest absolute Gasteiger partial charge is 0.497 e. The molecule has 5 nitrogen and oxygen atoms in total. The second-order valence-electron chi connectivity index (χ2n) is 7.16. The van der Waals surface area contributed by atoms with Crippen molar-refractivity contribution in [2.45, 2.75) is 38.7 Å². The quantitative estimate of drug-likeness (QED) is 0.181. The maximum absolute atomic E-state index is 10.8. The van der Waals surface area contributed by atoms with Gasteiger partial charge in [-0.25, -0.2) is 0 Å². The van der Waals surface area contributed by atoms with Crippen LogP contribution >= 0.6 is 0 Å².